The average molecular weight is 279 g/mol. The van der Waals surface area contributed by atoms with Gasteiger partial charge in [-0.15, -0.1) is 23.7 Å². The molecule has 3 aliphatic rings. The molecule has 0 saturated carbocycles. The maximum absolute atomic E-state index is 4.78. The fraction of sp³-hybridized carbons (Fsp3) is 0.357. The van der Waals surface area contributed by atoms with Crippen molar-refractivity contribution in [1.29, 1.82) is 0 Å². The average Bonchev–Trinajstić information content (AvgIpc) is 2.83. The van der Waals surface area contributed by atoms with Gasteiger partial charge in [-0.2, -0.15) is 0 Å². The molecule has 3 aliphatic heterocycles. The van der Waals surface area contributed by atoms with Gasteiger partial charge in [-0.1, -0.05) is 12.1 Å². The number of aromatic nitrogens is 1. The standard InChI is InChI=1S/C14H14N2S.ClH/c1-2-4-13-12(3-1)15-14(17-13)11-9-16-7-5-10(11)6-8-16;/h1-4,9-10H,5-8H2;1H. The first kappa shape index (κ1) is 12.0. The molecule has 0 unspecified atom stereocenters. The number of hydrogen-bond donors (Lipinski definition) is 0. The van der Waals surface area contributed by atoms with Crippen LogP contribution in [0.2, 0.25) is 0 Å². The first-order valence-corrected chi connectivity index (χ1v) is 7.03. The molecular weight excluding hydrogens is 264 g/mol. The molecule has 1 saturated heterocycles. The second kappa shape index (κ2) is 4.56. The van der Waals surface area contributed by atoms with Crippen molar-refractivity contribution in [3.05, 3.63) is 35.5 Å². The van der Waals surface area contributed by atoms with Crippen LogP contribution < -0.4 is 0 Å². The third kappa shape index (κ3) is 1.82. The summed E-state index contributed by atoms with van der Waals surface area (Å²) in [5.41, 5.74) is 2.62. The number of thiazole rings is 1. The van der Waals surface area contributed by atoms with Gasteiger partial charge in [-0.25, -0.2) is 4.98 Å². The lowest BCUT2D eigenvalue weighted by Crippen LogP contribution is -2.35. The quantitative estimate of drug-likeness (QED) is 0.789. The van der Waals surface area contributed by atoms with Gasteiger partial charge >= 0.3 is 0 Å². The van der Waals surface area contributed by atoms with E-state index in [-0.39, 0.29) is 12.4 Å². The third-order valence-corrected chi connectivity index (χ3v) is 4.92. The van der Waals surface area contributed by atoms with Gasteiger partial charge < -0.3 is 4.90 Å². The molecule has 1 aromatic heterocycles. The fourth-order valence-corrected chi connectivity index (χ4v) is 3.92. The molecule has 0 aliphatic carbocycles. The molecule has 0 amide bonds. The zero-order valence-electron chi connectivity index (χ0n) is 10.0. The minimum Gasteiger partial charge on any atom is -0.377 e. The number of allylic oxidation sites excluding steroid dienone is 1. The van der Waals surface area contributed by atoms with Gasteiger partial charge in [-0.3, -0.25) is 0 Å². The highest BCUT2D eigenvalue weighted by molar-refractivity contribution is 7.19. The maximum atomic E-state index is 4.78. The fourth-order valence-electron chi connectivity index (χ4n) is 2.87. The van der Waals surface area contributed by atoms with Crippen molar-refractivity contribution in [2.75, 3.05) is 13.1 Å². The van der Waals surface area contributed by atoms with E-state index in [0.717, 1.165) is 11.4 Å². The Morgan fingerprint density at radius 3 is 2.61 bits per heavy atom. The molecule has 94 valence electrons. The highest BCUT2D eigenvalue weighted by atomic mass is 35.5. The summed E-state index contributed by atoms with van der Waals surface area (Å²) in [7, 11) is 0. The summed E-state index contributed by atoms with van der Waals surface area (Å²) >= 11 is 1.84. The van der Waals surface area contributed by atoms with E-state index in [9.17, 15) is 0 Å². The normalized spacial score (nSPS) is 18.9. The van der Waals surface area contributed by atoms with Crippen molar-refractivity contribution in [2.45, 2.75) is 12.8 Å². The van der Waals surface area contributed by atoms with Crippen LogP contribution in [0.4, 0.5) is 0 Å². The Labute approximate surface area is 117 Å². The van der Waals surface area contributed by atoms with Crippen LogP contribution in [0.1, 0.15) is 17.8 Å². The number of hydrogen-bond acceptors (Lipinski definition) is 3. The maximum Gasteiger partial charge on any atom is 0.122 e. The lowest BCUT2D eigenvalue weighted by Gasteiger charge is -2.38. The molecule has 0 N–H and O–H groups in total. The Hall–Kier alpha value is -1.06. The number of rotatable bonds is 1. The monoisotopic (exact) mass is 278 g/mol. The first-order valence-electron chi connectivity index (χ1n) is 6.22. The molecule has 1 aromatic carbocycles. The van der Waals surface area contributed by atoms with Crippen molar-refractivity contribution < 1.29 is 0 Å². The predicted molar refractivity (Wildman–Crippen MR) is 79.1 cm³/mol. The number of piperidine rings is 1. The van der Waals surface area contributed by atoms with Crippen molar-refractivity contribution in [2.24, 2.45) is 5.92 Å². The van der Waals surface area contributed by atoms with Crippen LogP contribution in [0.15, 0.2) is 30.5 Å². The molecule has 1 fully saturated rings. The van der Waals surface area contributed by atoms with Crippen LogP contribution in [0.3, 0.4) is 0 Å². The highest BCUT2D eigenvalue weighted by Gasteiger charge is 2.29. The smallest absolute Gasteiger partial charge is 0.122 e. The van der Waals surface area contributed by atoms with Crippen molar-refractivity contribution >= 4 is 39.5 Å². The van der Waals surface area contributed by atoms with E-state index in [0.29, 0.717) is 0 Å². The van der Waals surface area contributed by atoms with E-state index < -0.39 is 0 Å². The number of nitrogens with zero attached hydrogens (tertiary/aromatic N) is 2. The van der Waals surface area contributed by atoms with Crippen LogP contribution in [0.5, 0.6) is 0 Å². The van der Waals surface area contributed by atoms with E-state index in [2.05, 4.69) is 35.4 Å². The molecule has 2 nitrogen and oxygen atoms in total. The lowest BCUT2D eigenvalue weighted by atomic mass is 9.86. The van der Waals surface area contributed by atoms with Gasteiger partial charge in [0, 0.05) is 24.9 Å². The van der Waals surface area contributed by atoms with Crippen molar-refractivity contribution in [1.82, 2.24) is 9.88 Å². The second-order valence-corrected chi connectivity index (χ2v) is 5.91. The van der Waals surface area contributed by atoms with Gasteiger partial charge in [-0.05, 0) is 30.9 Å². The minimum absolute atomic E-state index is 0. The molecule has 4 heterocycles. The van der Waals surface area contributed by atoms with Gasteiger partial charge in [0.15, 0.2) is 0 Å². The summed E-state index contributed by atoms with van der Waals surface area (Å²) in [6, 6.07) is 8.43. The summed E-state index contributed by atoms with van der Waals surface area (Å²) in [4.78, 5) is 7.22. The van der Waals surface area contributed by atoms with Crippen LogP contribution in [-0.4, -0.2) is 23.0 Å². The van der Waals surface area contributed by atoms with E-state index >= 15 is 0 Å². The molecule has 5 rings (SSSR count). The summed E-state index contributed by atoms with van der Waals surface area (Å²) in [5.74, 6) is 0.751. The van der Waals surface area contributed by atoms with Gasteiger partial charge in [0.25, 0.3) is 0 Å². The van der Waals surface area contributed by atoms with Crippen LogP contribution in [0, 0.1) is 5.92 Å². The minimum atomic E-state index is 0. The topological polar surface area (TPSA) is 16.1 Å². The van der Waals surface area contributed by atoms with Gasteiger partial charge in [0.1, 0.15) is 5.01 Å². The SMILES string of the molecule is C1=C(c2nc3ccccc3s2)C2CCN1CC2.Cl. The van der Waals surface area contributed by atoms with E-state index in [1.165, 1.54) is 41.2 Å². The number of fused-ring (bicyclic) bond motifs is 3. The zero-order chi connectivity index (χ0) is 11.2. The Balaban J connectivity index is 0.000001000. The first-order chi connectivity index (χ1) is 8.40. The van der Waals surface area contributed by atoms with Crippen LogP contribution >= 0.6 is 23.7 Å². The predicted octanol–water partition coefficient (Wildman–Crippen LogP) is 3.78. The van der Waals surface area contributed by atoms with E-state index in [1.807, 2.05) is 11.3 Å². The highest BCUT2D eigenvalue weighted by Crippen LogP contribution is 2.39. The molecular formula is C14H15ClN2S. The van der Waals surface area contributed by atoms with E-state index in [4.69, 9.17) is 4.98 Å². The van der Waals surface area contributed by atoms with E-state index in [1.54, 1.807) is 0 Å². The molecule has 2 aromatic rings. The largest absolute Gasteiger partial charge is 0.377 e. The van der Waals surface area contributed by atoms with Crippen molar-refractivity contribution in [3.8, 4) is 0 Å². The molecule has 0 spiro atoms. The summed E-state index contributed by atoms with van der Waals surface area (Å²) in [5, 5.41) is 1.24. The second-order valence-electron chi connectivity index (χ2n) is 4.88. The molecule has 4 heteroatoms. The van der Waals surface area contributed by atoms with Crippen LogP contribution in [0.25, 0.3) is 15.8 Å². The van der Waals surface area contributed by atoms with Gasteiger partial charge in [0.05, 0.1) is 10.2 Å². The Morgan fingerprint density at radius 2 is 1.94 bits per heavy atom. The summed E-state index contributed by atoms with van der Waals surface area (Å²) in [6.45, 7) is 2.47. The molecule has 0 radical (unpaired) electrons. The van der Waals surface area contributed by atoms with Crippen LogP contribution in [-0.2, 0) is 0 Å². The van der Waals surface area contributed by atoms with Crippen molar-refractivity contribution in [3.63, 3.8) is 0 Å². The number of halogens is 1. The molecule has 0 atom stereocenters. The summed E-state index contributed by atoms with van der Waals surface area (Å²) < 4.78 is 1.31. The Morgan fingerprint density at radius 1 is 1.17 bits per heavy atom. The Bertz CT molecular complexity index is 564. The lowest BCUT2D eigenvalue weighted by molar-refractivity contribution is 0.252. The third-order valence-electron chi connectivity index (χ3n) is 3.83. The molecule has 2 bridgehead atoms. The number of para-hydroxylation sites is 1. The zero-order valence-corrected chi connectivity index (χ0v) is 11.6. The molecule has 18 heavy (non-hydrogen) atoms. The van der Waals surface area contributed by atoms with Gasteiger partial charge in [0.2, 0.25) is 0 Å². The number of benzene rings is 1. The summed E-state index contributed by atoms with van der Waals surface area (Å²) in [6.07, 6.45) is 4.96. The Kier molecular flexibility index (Phi) is 3.04.